The van der Waals surface area contributed by atoms with Gasteiger partial charge in [0.1, 0.15) is 11.6 Å². The first kappa shape index (κ1) is 17.4. The number of amides is 2. The van der Waals surface area contributed by atoms with Crippen LogP contribution in [0.2, 0.25) is 0 Å². The highest BCUT2D eigenvalue weighted by Crippen LogP contribution is 2.36. The van der Waals surface area contributed by atoms with E-state index in [0.29, 0.717) is 16.2 Å². The second-order valence-corrected chi connectivity index (χ2v) is 6.71. The van der Waals surface area contributed by atoms with Crippen molar-refractivity contribution < 1.29 is 18.4 Å². The van der Waals surface area contributed by atoms with Crippen molar-refractivity contribution in [2.45, 2.75) is 13.5 Å². The van der Waals surface area contributed by atoms with Gasteiger partial charge >= 0.3 is 0 Å². The lowest BCUT2D eigenvalue weighted by molar-refractivity contribution is -0.137. The number of nitrogens with zero attached hydrogens (tertiary/aromatic N) is 1. The quantitative estimate of drug-likeness (QED) is 0.758. The third kappa shape index (κ3) is 3.35. The van der Waals surface area contributed by atoms with E-state index in [1.165, 1.54) is 42.1 Å². The highest BCUT2D eigenvalue weighted by Gasteiger charge is 2.39. The average Bonchev–Trinajstić information content (AvgIpc) is 2.83. The second-order valence-electron chi connectivity index (χ2n) is 5.43. The summed E-state index contributed by atoms with van der Waals surface area (Å²) >= 11 is 1.26. The predicted octanol–water partition coefficient (Wildman–Crippen LogP) is 4.00. The summed E-state index contributed by atoms with van der Waals surface area (Å²) in [4.78, 5) is 26.9. The van der Waals surface area contributed by atoms with E-state index >= 15 is 0 Å². The minimum Gasteiger partial charge on any atom is -0.269 e. The first-order valence-electron chi connectivity index (χ1n) is 7.75. The molecule has 1 aliphatic heterocycles. The fraction of sp³-hybridized carbons (Fsp3) is 0.158. The van der Waals surface area contributed by atoms with Crippen LogP contribution in [0.15, 0.2) is 53.4 Å². The van der Waals surface area contributed by atoms with Crippen LogP contribution in [0.1, 0.15) is 18.1 Å². The van der Waals surface area contributed by atoms with Crippen LogP contribution in [0, 0.1) is 11.6 Å². The zero-order valence-corrected chi connectivity index (χ0v) is 14.3. The largest absolute Gasteiger partial charge is 0.269 e. The van der Waals surface area contributed by atoms with Crippen molar-refractivity contribution >= 4 is 29.1 Å². The number of benzene rings is 2. The van der Waals surface area contributed by atoms with Crippen LogP contribution in [0.5, 0.6) is 0 Å². The van der Waals surface area contributed by atoms with E-state index in [9.17, 15) is 18.4 Å². The van der Waals surface area contributed by atoms with Gasteiger partial charge in [-0.1, -0.05) is 37.3 Å². The summed E-state index contributed by atoms with van der Waals surface area (Å²) in [6.07, 6.45) is 0. The van der Waals surface area contributed by atoms with Crippen molar-refractivity contribution in [2.75, 3.05) is 5.75 Å². The van der Waals surface area contributed by atoms with Crippen molar-refractivity contribution in [3.8, 4) is 0 Å². The van der Waals surface area contributed by atoms with Gasteiger partial charge in [-0.15, -0.1) is 11.8 Å². The lowest BCUT2D eigenvalue weighted by Gasteiger charge is -2.15. The maximum atomic E-state index is 13.9. The molecule has 6 heteroatoms. The fourth-order valence-electron chi connectivity index (χ4n) is 2.64. The molecule has 0 saturated carbocycles. The van der Waals surface area contributed by atoms with E-state index in [0.717, 1.165) is 4.90 Å². The Bertz CT molecular complexity index is 862. The molecule has 25 heavy (non-hydrogen) atoms. The van der Waals surface area contributed by atoms with Gasteiger partial charge in [-0.2, -0.15) is 0 Å². The molecule has 0 radical (unpaired) electrons. The minimum absolute atomic E-state index is 0.136. The fourth-order valence-corrected chi connectivity index (χ4v) is 3.52. The number of rotatable bonds is 5. The normalized spacial score (nSPS) is 14.6. The van der Waals surface area contributed by atoms with Crippen LogP contribution < -0.4 is 0 Å². The van der Waals surface area contributed by atoms with Crippen LogP contribution in [-0.2, 0) is 16.1 Å². The molecule has 0 saturated heterocycles. The molecule has 0 unspecified atom stereocenters. The van der Waals surface area contributed by atoms with Crippen LogP contribution >= 0.6 is 11.8 Å². The van der Waals surface area contributed by atoms with Crippen molar-refractivity contribution in [1.29, 1.82) is 0 Å². The Labute approximate surface area is 148 Å². The standard InChI is InChI=1S/C19H15F2NO2S/c1-2-25-17-16(12-7-9-14(20)10-8-12)18(23)22(19(17)24)11-13-5-3-4-6-15(13)21/h3-10H,2,11H2,1H3. The van der Waals surface area contributed by atoms with Crippen LogP contribution in [0.4, 0.5) is 8.78 Å². The van der Waals surface area contributed by atoms with E-state index < -0.39 is 23.4 Å². The summed E-state index contributed by atoms with van der Waals surface area (Å²) in [6.45, 7) is 1.74. The first-order valence-corrected chi connectivity index (χ1v) is 8.74. The Balaban J connectivity index is 1.98. The molecule has 0 aliphatic carbocycles. The van der Waals surface area contributed by atoms with E-state index in [-0.39, 0.29) is 17.7 Å². The zero-order valence-electron chi connectivity index (χ0n) is 13.5. The Morgan fingerprint density at radius 1 is 0.960 bits per heavy atom. The summed E-state index contributed by atoms with van der Waals surface area (Å²) in [7, 11) is 0. The summed E-state index contributed by atoms with van der Waals surface area (Å²) in [5, 5.41) is 0. The molecule has 1 aliphatic rings. The molecule has 0 N–H and O–H groups in total. The second kappa shape index (κ2) is 7.19. The minimum atomic E-state index is -0.490. The van der Waals surface area contributed by atoms with Gasteiger partial charge in [0.15, 0.2) is 0 Å². The van der Waals surface area contributed by atoms with Gasteiger partial charge in [0.05, 0.1) is 17.0 Å². The molecular weight excluding hydrogens is 344 g/mol. The lowest BCUT2D eigenvalue weighted by atomic mass is 10.1. The molecule has 2 amide bonds. The molecule has 0 aromatic heterocycles. The molecule has 3 nitrogen and oxygen atoms in total. The Hall–Kier alpha value is -2.47. The van der Waals surface area contributed by atoms with Gasteiger partial charge < -0.3 is 0 Å². The lowest BCUT2D eigenvalue weighted by Crippen LogP contribution is -2.31. The summed E-state index contributed by atoms with van der Waals surface area (Å²) < 4.78 is 27.1. The maximum absolute atomic E-state index is 13.9. The number of hydrogen-bond donors (Lipinski definition) is 0. The number of carbonyl (C=O) groups excluding carboxylic acids is 2. The molecule has 3 rings (SSSR count). The van der Waals surface area contributed by atoms with E-state index in [4.69, 9.17) is 0 Å². The monoisotopic (exact) mass is 359 g/mol. The van der Waals surface area contributed by atoms with Gasteiger partial charge in [-0.3, -0.25) is 14.5 Å². The average molecular weight is 359 g/mol. The van der Waals surface area contributed by atoms with E-state index in [1.54, 1.807) is 18.2 Å². The molecule has 0 fully saturated rings. The number of thioether (sulfide) groups is 1. The molecule has 2 aromatic carbocycles. The van der Waals surface area contributed by atoms with Crippen LogP contribution in [0.3, 0.4) is 0 Å². The van der Waals surface area contributed by atoms with Gasteiger partial charge in [-0.05, 0) is 29.5 Å². The van der Waals surface area contributed by atoms with Crippen molar-refractivity contribution in [3.05, 3.63) is 76.2 Å². The predicted molar refractivity (Wildman–Crippen MR) is 93.4 cm³/mol. The molecule has 0 spiro atoms. The van der Waals surface area contributed by atoms with E-state index in [1.807, 2.05) is 6.92 Å². The SMILES string of the molecule is CCSC1=C(c2ccc(F)cc2)C(=O)N(Cc2ccccc2F)C1=O. The van der Waals surface area contributed by atoms with E-state index in [2.05, 4.69) is 0 Å². The number of carbonyl (C=O) groups is 2. The Kier molecular flexibility index (Phi) is 4.99. The van der Waals surface area contributed by atoms with Crippen molar-refractivity contribution in [1.82, 2.24) is 4.90 Å². The smallest absolute Gasteiger partial charge is 0.268 e. The Morgan fingerprint density at radius 3 is 2.28 bits per heavy atom. The highest BCUT2D eigenvalue weighted by molar-refractivity contribution is 8.04. The van der Waals surface area contributed by atoms with Crippen molar-refractivity contribution in [3.63, 3.8) is 0 Å². The summed E-state index contributed by atoms with van der Waals surface area (Å²) in [6, 6.07) is 11.5. The van der Waals surface area contributed by atoms with Gasteiger partial charge in [0.2, 0.25) is 0 Å². The number of imide groups is 1. The summed E-state index contributed by atoms with van der Waals surface area (Å²) in [5.41, 5.74) is 0.991. The number of halogens is 2. The molecule has 1 heterocycles. The third-order valence-electron chi connectivity index (χ3n) is 3.83. The molecular formula is C19H15F2NO2S. The van der Waals surface area contributed by atoms with Gasteiger partial charge in [0.25, 0.3) is 11.8 Å². The summed E-state index contributed by atoms with van der Waals surface area (Å²) in [5.74, 6) is -1.22. The van der Waals surface area contributed by atoms with Gasteiger partial charge in [0, 0.05) is 5.56 Å². The molecule has 2 aromatic rings. The maximum Gasteiger partial charge on any atom is 0.268 e. The highest BCUT2D eigenvalue weighted by atomic mass is 32.2. The molecule has 0 atom stereocenters. The van der Waals surface area contributed by atoms with Gasteiger partial charge in [-0.25, -0.2) is 8.78 Å². The van der Waals surface area contributed by atoms with Crippen LogP contribution in [0.25, 0.3) is 5.57 Å². The van der Waals surface area contributed by atoms with Crippen LogP contribution in [-0.4, -0.2) is 22.5 Å². The first-order chi connectivity index (χ1) is 12.0. The molecule has 128 valence electrons. The third-order valence-corrected chi connectivity index (χ3v) is 4.79. The molecule has 0 bridgehead atoms. The number of hydrogen-bond acceptors (Lipinski definition) is 3. The Morgan fingerprint density at radius 2 is 1.64 bits per heavy atom. The topological polar surface area (TPSA) is 37.4 Å². The van der Waals surface area contributed by atoms with Crippen molar-refractivity contribution in [2.24, 2.45) is 0 Å². The zero-order chi connectivity index (χ0) is 18.0.